The van der Waals surface area contributed by atoms with Gasteiger partial charge >= 0.3 is 0 Å². The second-order valence-corrected chi connectivity index (χ2v) is 6.01. The van der Waals surface area contributed by atoms with E-state index in [0.29, 0.717) is 0 Å². The highest BCUT2D eigenvalue weighted by Gasteiger charge is 2.36. The van der Waals surface area contributed by atoms with Crippen LogP contribution in [-0.4, -0.2) is 33.5 Å². The summed E-state index contributed by atoms with van der Waals surface area (Å²) in [6.45, 7) is 1.67. The molecule has 1 aromatic carbocycles. The molecule has 5 heteroatoms. The molecule has 1 aliphatic rings. The van der Waals surface area contributed by atoms with Crippen LogP contribution in [0.2, 0.25) is 0 Å². The van der Waals surface area contributed by atoms with E-state index < -0.39 is 0 Å². The Hall–Kier alpha value is -0.780. The summed E-state index contributed by atoms with van der Waals surface area (Å²) in [5.41, 5.74) is 1.20. The van der Waals surface area contributed by atoms with Crippen molar-refractivity contribution in [1.82, 2.24) is 5.32 Å². The van der Waals surface area contributed by atoms with E-state index >= 15 is 0 Å². The first kappa shape index (κ1) is 15.6. The maximum atomic E-state index is 5.60. The van der Waals surface area contributed by atoms with Gasteiger partial charge in [0.1, 0.15) is 0 Å². The second-order valence-electron chi connectivity index (χ2n) is 5.16. The quantitative estimate of drug-likeness (QED) is 0.825. The Kier molecular flexibility index (Phi) is 5.29. The fourth-order valence-corrected chi connectivity index (χ4v) is 3.18. The molecule has 0 saturated heterocycles. The fraction of sp³-hybridized carbons (Fsp3) is 0.600. The average molecular weight is 344 g/mol. The predicted octanol–water partition coefficient (Wildman–Crippen LogP) is 3.13. The first-order valence-corrected chi connectivity index (χ1v) is 7.60. The zero-order chi connectivity index (χ0) is 14.6. The van der Waals surface area contributed by atoms with Gasteiger partial charge in [0.25, 0.3) is 0 Å². The Balaban J connectivity index is 1.97. The van der Waals surface area contributed by atoms with Crippen LogP contribution in [0.5, 0.6) is 11.5 Å². The monoisotopic (exact) mass is 343 g/mol. The summed E-state index contributed by atoms with van der Waals surface area (Å²) in [6.07, 6.45) is 3.55. The number of benzene rings is 1. The highest BCUT2D eigenvalue weighted by Crippen LogP contribution is 2.37. The molecule has 1 saturated carbocycles. The van der Waals surface area contributed by atoms with Gasteiger partial charge in [-0.15, -0.1) is 0 Å². The van der Waals surface area contributed by atoms with Gasteiger partial charge in [-0.05, 0) is 52.9 Å². The van der Waals surface area contributed by atoms with Crippen molar-refractivity contribution in [3.05, 3.63) is 22.2 Å². The standard InChI is InChI=1S/C15H22BrNO3/c1-18-13-8-11(7-12(16)14(13)19-2)9-17-10-15(20-3)5-4-6-15/h7-8,17H,4-6,9-10H2,1-3H3. The maximum Gasteiger partial charge on any atom is 0.174 e. The Bertz CT molecular complexity index is 455. The summed E-state index contributed by atoms with van der Waals surface area (Å²) < 4.78 is 17.2. The number of methoxy groups -OCH3 is 3. The maximum absolute atomic E-state index is 5.60. The lowest BCUT2D eigenvalue weighted by Gasteiger charge is -2.40. The van der Waals surface area contributed by atoms with Gasteiger partial charge in [0.2, 0.25) is 0 Å². The molecule has 1 N–H and O–H groups in total. The lowest BCUT2D eigenvalue weighted by Crippen LogP contribution is -2.47. The molecule has 1 fully saturated rings. The molecule has 112 valence electrons. The first-order valence-electron chi connectivity index (χ1n) is 6.80. The van der Waals surface area contributed by atoms with Gasteiger partial charge in [-0.25, -0.2) is 0 Å². The van der Waals surface area contributed by atoms with Gasteiger partial charge in [-0.2, -0.15) is 0 Å². The van der Waals surface area contributed by atoms with E-state index in [-0.39, 0.29) is 5.60 Å². The Morgan fingerprint density at radius 2 is 1.95 bits per heavy atom. The predicted molar refractivity (Wildman–Crippen MR) is 82.5 cm³/mol. The molecular weight excluding hydrogens is 322 g/mol. The van der Waals surface area contributed by atoms with Crippen LogP contribution in [0.4, 0.5) is 0 Å². The van der Waals surface area contributed by atoms with E-state index in [9.17, 15) is 0 Å². The Morgan fingerprint density at radius 1 is 1.20 bits per heavy atom. The molecule has 0 spiro atoms. The van der Waals surface area contributed by atoms with Crippen LogP contribution < -0.4 is 14.8 Å². The summed E-state index contributed by atoms with van der Waals surface area (Å²) >= 11 is 3.51. The highest BCUT2D eigenvalue weighted by atomic mass is 79.9. The van der Waals surface area contributed by atoms with Crippen molar-refractivity contribution in [3.63, 3.8) is 0 Å². The van der Waals surface area contributed by atoms with Crippen molar-refractivity contribution in [1.29, 1.82) is 0 Å². The average Bonchev–Trinajstić information content (AvgIpc) is 2.41. The molecule has 2 rings (SSSR count). The molecule has 0 bridgehead atoms. The molecule has 0 radical (unpaired) electrons. The summed E-state index contributed by atoms with van der Waals surface area (Å²) in [7, 11) is 5.09. The molecule has 0 unspecified atom stereocenters. The molecule has 0 amide bonds. The smallest absolute Gasteiger partial charge is 0.174 e. The number of nitrogens with one attached hydrogen (secondary N) is 1. The van der Waals surface area contributed by atoms with Crippen molar-refractivity contribution in [2.75, 3.05) is 27.9 Å². The Labute approximate surface area is 128 Å². The third kappa shape index (κ3) is 3.27. The fourth-order valence-electron chi connectivity index (χ4n) is 2.53. The molecule has 1 aromatic rings. The van der Waals surface area contributed by atoms with Gasteiger partial charge in [0.05, 0.1) is 24.3 Å². The van der Waals surface area contributed by atoms with Crippen LogP contribution in [0.1, 0.15) is 24.8 Å². The topological polar surface area (TPSA) is 39.7 Å². The third-order valence-corrected chi connectivity index (χ3v) is 4.56. The van der Waals surface area contributed by atoms with E-state index in [1.807, 2.05) is 6.07 Å². The van der Waals surface area contributed by atoms with E-state index in [4.69, 9.17) is 14.2 Å². The van der Waals surface area contributed by atoms with E-state index in [0.717, 1.165) is 47.5 Å². The molecule has 4 nitrogen and oxygen atoms in total. The van der Waals surface area contributed by atoms with Gasteiger partial charge < -0.3 is 19.5 Å². The minimum atomic E-state index is 0.0494. The second kappa shape index (κ2) is 6.78. The molecule has 0 heterocycles. The van der Waals surface area contributed by atoms with Crippen molar-refractivity contribution in [3.8, 4) is 11.5 Å². The van der Waals surface area contributed by atoms with Gasteiger partial charge in [-0.3, -0.25) is 0 Å². The number of ether oxygens (including phenoxy) is 3. The van der Waals surface area contributed by atoms with Gasteiger partial charge in [-0.1, -0.05) is 0 Å². The summed E-state index contributed by atoms with van der Waals surface area (Å²) in [6, 6.07) is 4.05. The number of rotatable bonds is 7. The number of hydrogen-bond acceptors (Lipinski definition) is 4. The van der Waals surface area contributed by atoms with Crippen LogP contribution in [0.3, 0.4) is 0 Å². The largest absolute Gasteiger partial charge is 0.493 e. The van der Waals surface area contributed by atoms with E-state index in [1.54, 1.807) is 21.3 Å². The summed E-state index contributed by atoms with van der Waals surface area (Å²) in [5, 5.41) is 3.47. The van der Waals surface area contributed by atoms with Crippen molar-refractivity contribution < 1.29 is 14.2 Å². The zero-order valence-corrected chi connectivity index (χ0v) is 13.9. The molecule has 0 atom stereocenters. The van der Waals surface area contributed by atoms with Crippen LogP contribution >= 0.6 is 15.9 Å². The molecule has 20 heavy (non-hydrogen) atoms. The summed E-state index contributed by atoms with van der Waals surface area (Å²) in [5.74, 6) is 1.47. The van der Waals surface area contributed by atoms with Crippen molar-refractivity contribution in [2.24, 2.45) is 0 Å². The minimum Gasteiger partial charge on any atom is -0.493 e. The SMILES string of the molecule is COc1cc(CNCC2(OC)CCC2)cc(Br)c1OC. The highest BCUT2D eigenvalue weighted by molar-refractivity contribution is 9.10. The van der Waals surface area contributed by atoms with Crippen LogP contribution in [0.25, 0.3) is 0 Å². The van der Waals surface area contributed by atoms with Gasteiger partial charge in [0.15, 0.2) is 11.5 Å². The lowest BCUT2D eigenvalue weighted by atomic mass is 9.80. The lowest BCUT2D eigenvalue weighted by molar-refractivity contribution is -0.0695. The third-order valence-electron chi connectivity index (χ3n) is 3.97. The zero-order valence-electron chi connectivity index (χ0n) is 12.3. The van der Waals surface area contributed by atoms with Crippen molar-refractivity contribution in [2.45, 2.75) is 31.4 Å². The molecule has 0 aliphatic heterocycles. The minimum absolute atomic E-state index is 0.0494. The first-order chi connectivity index (χ1) is 9.64. The molecule has 1 aliphatic carbocycles. The van der Waals surface area contributed by atoms with Crippen molar-refractivity contribution >= 4 is 15.9 Å². The van der Waals surface area contributed by atoms with Crippen LogP contribution in [-0.2, 0) is 11.3 Å². The van der Waals surface area contributed by atoms with Crippen LogP contribution in [0.15, 0.2) is 16.6 Å². The van der Waals surface area contributed by atoms with Crippen LogP contribution in [0, 0.1) is 0 Å². The van der Waals surface area contributed by atoms with E-state index in [2.05, 4.69) is 27.3 Å². The number of hydrogen-bond donors (Lipinski definition) is 1. The normalized spacial score (nSPS) is 16.6. The summed E-state index contributed by atoms with van der Waals surface area (Å²) in [4.78, 5) is 0. The van der Waals surface area contributed by atoms with Gasteiger partial charge in [0, 0.05) is 20.2 Å². The molecular formula is C15H22BrNO3. The molecule has 0 aromatic heterocycles. The Morgan fingerprint density at radius 3 is 2.45 bits per heavy atom. The van der Waals surface area contributed by atoms with E-state index in [1.165, 1.54) is 6.42 Å². The number of halogens is 1.